The third-order valence-corrected chi connectivity index (χ3v) is 5.36. The molecule has 126 valence electrons. The Morgan fingerprint density at radius 3 is 2.79 bits per heavy atom. The Hall–Kier alpha value is -2.28. The number of carbonyl (C=O) groups is 2. The Morgan fingerprint density at radius 2 is 2.17 bits per heavy atom. The van der Waals surface area contributed by atoms with E-state index in [-0.39, 0.29) is 24.1 Å². The highest BCUT2D eigenvalue weighted by molar-refractivity contribution is 7.15. The topological polar surface area (TPSA) is 62.3 Å². The highest BCUT2D eigenvalue weighted by Gasteiger charge is 2.43. The zero-order valence-corrected chi connectivity index (χ0v) is 14.5. The minimum Gasteiger partial charge on any atom is -0.338 e. The van der Waals surface area contributed by atoms with Crippen LogP contribution in [0.3, 0.4) is 0 Å². The predicted octanol–water partition coefficient (Wildman–Crippen LogP) is 3.06. The van der Waals surface area contributed by atoms with Crippen molar-refractivity contribution in [1.29, 1.82) is 0 Å². The van der Waals surface area contributed by atoms with Crippen LogP contribution in [0.4, 0.5) is 9.52 Å². The minimum absolute atomic E-state index is 0.104. The van der Waals surface area contributed by atoms with E-state index in [0.717, 1.165) is 10.6 Å². The summed E-state index contributed by atoms with van der Waals surface area (Å²) in [6.45, 7) is 3.81. The molecule has 0 aliphatic carbocycles. The van der Waals surface area contributed by atoms with Crippen molar-refractivity contribution in [3.63, 3.8) is 0 Å². The summed E-state index contributed by atoms with van der Waals surface area (Å²) in [6.07, 6.45) is 0.104. The van der Waals surface area contributed by atoms with E-state index in [1.54, 1.807) is 19.2 Å². The van der Waals surface area contributed by atoms with Gasteiger partial charge in [0.05, 0.1) is 17.7 Å². The van der Waals surface area contributed by atoms with Gasteiger partial charge in [-0.1, -0.05) is 12.1 Å². The summed E-state index contributed by atoms with van der Waals surface area (Å²) in [5.41, 5.74) is 1.49. The van der Waals surface area contributed by atoms with E-state index in [1.165, 1.54) is 28.4 Å². The van der Waals surface area contributed by atoms with Crippen LogP contribution in [0, 0.1) is 25.6 Å². The number of aryl methyl sites for hydroxylation is 2. The molecule has 0 saturated carbocycles. The monoisotopic (exact) mass is 347 g/mol. The summed E-state index contributed by atoms with van der Waals surface area (Å²) in [5, 5.41) is 3.32. The quantitative estimate of drug-likeness (QED) is 0.928. The number of benzene rings is 1. The van der Waals surface area contributed by atoms with Crippen LogP contribution >= 0.6 is 11.3 Å². The fourth-order valence-corrected chi connectivity index (χ4v) is 3.79. The summed E-state index contributed by atoms with van der Waals surface area (Å²) in [4.78, 5) is 31.6. The van der Waals surface area contributed by atoms with Crippen LogP contribution in [0.5, 0.6) is 0 Å². The van der Waals surface area contributed by atoms with Crippen LogP contribution in [-0.2, 0) is 9.59 Å². The molecule has 2 heterocycles. The van der Waals surface area contributed by atoms with E-state index < -0.39 is 12.0 Å². The number of hydrogen-bond acceptors (Lipinski definition) is 4. The first-order chi connectivity index (χ1) is 11.4. The van der Waals surface area contributed by atoms with E-state index >= 15 is 0 Å². The van der Waals surface area contributed by atoms with Crippen molar-refractivity contribution < 1.29 is 14.0 Å². The molecule has 2 amide bonds. The van der Waals surface area contributed by atoms with E-state index in [1.807, 2.05) is 13.8 Å². The molecule has 1 aliphatic rings. The minimum atomic E-state index is -0.575. The van der Waals surface area contributed by atoms with Crippen molar-refractivity contribution in [1.82, 2.24) is 9.88 Å². The van der Waals surface area contributed by atoms with Crippen molar-refractivity contribution in [2.24, 2.45) is 5.92 Å². The summed E-state index contributed by atoms with van der Waals surface area (Å²) in [6, 6.07) is 5.56. The number of carbonyl (C=O) groups excluding carboxylic acids is 2. The number of nitrogens with one attached hydrogen (secondary N) is 1. The second-order valence-corrected chi connectivity index (χ2v) is 7.17. The molecule has 0 spiro atoms. The predicted molar refractivity (Wildman–Crippen MR) is 90.2 cm³/mol. The molecule has 5 nitrogen and oxygen atoms in total. The van der Waals surface area contributed by atoms with Gasteiger partial charge in [-0.25, -0.2) is 9.37 Å². The molecule has 24 heavy (non-hydrogen) atoms. The van der Waals surface area contributed by atoms with Crippen LogP contribution < -0.4 is 5.32 Å². The first-order valence-corrected chi connectivity index (χ1v) is 8.44. The van der Waals surface area contributed by atoms with Crippen molar-refractivity contribution in [3.8, 4) is 0 Å². The lowest BCUT2D eigenvalue weighted by Crippen LogP contribution is -2.30. The van der Waals surface area contributed by atoms with Crippen LogP contribution in [0.1, 0.15) is 28.6 Å². The number of halogens is 1. The van der Waals surface area contributed by atoms with Crippen LogP contribution in [0.25, 0.3) is 0 Å². The smallest absolute Gasteiger partial charge is 0.232 e. The number of hydrogen-bond donors (Lipinski definition) is 1. The Morgan fingerprint density at radius 1 is 1.42 bits per heavy atom. The van der Waals surface area contributed by atoms with Gasteiger partial charge >= 0.3 is 0 Å². The van der Waals surface area contributed by atoms with Gasteiger partial charge in [-0.05, 0) is 31.5 Å². The molecule has 0 bridgehead atoms. The molecule has 1 aromatic heterocycles. The van der Waals surface area contributed by atoms with Crippen LogP contribution in [0.2, 0.25) is 0 Å². The van der Waals surface area contributed by atoms with Gasteiger partial charge in [0.15, 0.2) is 5.13 Å². The molecular weight excluding hydrogens is 329 g/mol. The van der Waals surface area contributed by atoms with Gasteiger partial charge in [0.2, 0.25) is 11.8 Å². The van der Waals surface area contributed by atoms with Gasteiger partial charge in [-0.15, -0.1) is 11.3 Å². The maximum Gasteiger partial charge on any atom is 0.232 e. The lowest BCUT2D eigenvalue weighted by Gasteiger charge is -2.24. The van der Waals surface area contributed by atoms with Gasteiger partial charge < -0.3 is 10.2 Å². The molecule has 7 heteroatoms. The normalized spacial score (nSPS) is 20.5. The number of thiazole rings is 1. The average molecular weight is 347 g/mol. The van der Waals surface area contributed by atoms with Crippen molar-refractivity contribution in [3.05, 3.63) is 46.2 Å². The SMILES string of the molecule is Cc1nc(NC(=O)[C@H]2CC(=O)N(C)[C@@H]2c2cccc(F)c2)sc1C. The van der Waals surface area contributed by atoms with Gasteiger partial charge in [0.25, 0.3) is 0 Å². The first-order valence-electron chi connectivity index (χ1n) is 7.63. The summed E-state index contributed by atoms with van der Waals surface area (Å²) in [5.74, 6) is -1.36. The Kier molecular flexibility index (Phi) is 4.36. The summed E-state index contributed by atoms with van der Waals surface area (Å²) < 4.78 is 13.6. The fourth-order valence-electron chi connectivity index (χ4n) is 2.98. The van der Waals surface area contributed by atoms with E-state index in [9.17, 15) is 14.0 Å². The first kappa shape index (κ1) is 16.6. The standard InChI is InChI=1S/C17H18FN3O2S/c1-9-10(2)24-17(19-9)20-16(23)13-8-14(22)21(3)15(13)11-5-4-6-12(18)7-11/h4-7,13,15H,8H2,1-3H3,(H,19,20,23)/t13-,15+/m0/s1. The van der Waals surface area contributed by atoms with Crippen molar-refractivity contribution in [2.75, 3.05) is 12.4 Å². The lowest BCUT2D eigenvalue weighted by atomic mass is 9.93. The van der Waals surface area contributed by atoms with Crippen molar-refractivity contribution in [2.45, 2.75) is 26.3 Å². The largest absolute Gasteiger partial charge is 0.338 e. The molecule has 2 atom stereocenters. The maximum absolute atomic E-state index is 13.6. The van der Waals surface area contributed by atoms with E-state index in [0.29, 0.717) is 10.7 Å². The second-order valence-electron chi connectivity index (χ2n) is 5.96. The van der Waals surface area contributed by atoms with Gasteiger partial charge in [0.1, 0.15) is 5.82 Å². The van der Waals surface area contributed by atoms with Gasteiger partial charge in [0, 0.05) is 18.3 Å². The van der Waals surface area contributed by atoms with E-state index in [2.05, 4.69) is 10.3 Å². The average Bonchev–Trinajstić information content (AvgIpc) is 2.99. The van der Waals surface area contributed by atoms with Crippen LogP contribution in [-0.4, -0.2) is 28.7 Å². The number of nitrogens with zero attached hydrogens (tertiary/aromatic N) is 2. The molecule has 1 aliphatic heterocycles. The zero-order chi connectivity index (χ0) is 17.4. The molecule has 0 unspecified atom stereocenters. The summed E-state index contributed by atoms with van der Waals surface area (Å²) in [7, 11) is 1.64. The molecule has 1 N–H and O–H groups in total. The number of amides is 2. The molecule has 1 saturated heterocycles. The maximum atomic E-state index is 13.6. The number of likely N-dealkylation sites (tertiary alicyclic amines) is 1. The number of rotatable bonds is 3. The number of anilines is 1. The second kappa shape index (κ2) is 6.32. The van der Waals surface area contributed by atoms with Gasteiger partial charge in [-0.3, -0.25) is 9.59 Å². The lowest BCUT2D eigenvalue weighted by molar-refractivity contribution is -0.128. The highest BCUT2D eigenvalue weighted by Crippen LogP contribution is 2.38. The zero-order valence-electron chi connectivity index (χ0n) is 13.7. The van der Waals surface area contributed by atoms with Crippen molar-refractivity contribution >= 4 is 28.3 Å². The molecular formula is C17H18FN3O2S. The molecule has 1 fully saturated rings. The number of aromatic nitrogens is 1. The third kappa shape index (κ3) is 3.03. The molecule has 1 aromatic carbocycles. The third-order valence-electron chi connectivity index (χ3n) is 4.37. The Balaban J connectivity index is 1.86. The Bertz CT molecular complexity index is 785. The fraction of sp³-hybridized carbons (Fsp3) is 0.353. The van der Waals surface area contributed by atoms with Gasteiger partial charge in [-0.2, -0.15) is 0 Å². The highest BCUT2D eigenvalue weighted by atomic mass is 32.1. The van der Waals surface area contributed by atoms with E-state index in [4.69, 9.17) is 0 Å². The molecule has 3 rings (SSSR count). The summed E-state index contributed by atoms with van der Waals surface area (Å²) >= 11 is 1.40. The molecule has 2 aromatic rings. The Labute approximate surface area is 143 Å². The molecule has 0 radical (unpaired) electrons. The van der Waals surface area contributed by atoms with Crippen LogP contribution in [0.15, 0.2) is 24.3 Å².